The van der Waals surface area contributed by atoms with Crippen molar-refractivity contribution in [2.24, 2.45) is 0 Å². The van der Waals surface area contributed by atoms with Crippen LogP contribution >= 0.6 is 11.8 Å². The molecule has 0 bridgehead atoms. The van der Waals surface area contributed by atoms with Crippen LogP contribution in [-0.4, -0.2) is 18.6 Å². The van der Waals surface area contributed by atoms with Crippen molar-refractivity contribution >= 4 is 31.2 Å². The molecule has 0 saturated heterocycles. The summed E-state index contributed by atoms with van der Waals surface area (Å²) in [5.74, 6) is 0. The van der Waals surface area contributed by atoms with Gasteiger partial charge in [-0.2, -0.15) is 0 Å². The third-order valence-electron chi connectivity index (χ3n) is 3.71. The first-order valence-corrected chi connectivity index (χ1v) is 9.87. The second-order valence-corrected chi connectivity index (χ2v) is 10.4. The van der Waals surface area contributed by atoms with Gasteiger partial charge in [0.15, 0.2) is 0 Å². The van der Waals surface area contributed by atoms with E-state index >= 15 is 0 Å². The molecular formula is C18H20SSe. The summed E-state index contributed by atoms with van der Waals surface area (Å²) in [5, 5.41) is 0. The fraction of sp³-hybridized carbons (Fsp3) is 0.333. The van der Waals surface area contributed by atoms with E-state index in [2.05, 4.69) is 72.4 Å². The number of rotatable bonds is 4. The van der Waals surface area contributed by atoms with E-state index in [9.17, 15) is 0 Å². The molecule has 3 rings (SSSR count). The zero-order chi connectivity index (χ0) is 13.7. The Balaban J connectivity index is 1.81. The molecule has 2 aromatic carbocycles. The van der Waals surface area contributed by atoms with Gasteiger partial charge in [-0.1, -0.05) is 0 Å². The summed E-state index contributed by atoms with van der Waals surface area (Å²) in [6.07, 6.45) is 6.97. The normalized spacial score (nSPS) is 17.8. The van der Waals surface area contributed by atoms with E-state index in [1.807, 2.05) is 0 Å². The fourth-order valence-electron chi connectivity index (χ4n) is 2.72. The van der Waals surface area contributed by atoms with Gasteiger partial charge in [0.25, 0.3) is 0 Å². The summed E-state index contributed by atoms with van der Waals surface area (Å²) in [6, 6.07) is 22.1. The van der Waals surface area contributed by atoms with Gasteiger partial charge >= 0.3 is 132 Å². The second kappa shape index (κ2) is 6.85. The van der Waals surface area contributed by atoms with E-state index in [4.69, 9.17) is 0 Å². The fourth-order valence-corrected chi connectivity index (χ4v) is 7.90. The molecule has 104 valence electrons. The van der Waals surface area contributed by atoms with Crippen molar-refractivity contribution in [3.8, 4) is 0 Å². The number of benzene rings is 2. The summed E-state index contributed by atoms with van der Waals surface area (Å²) in [6.45, 7) is 0. The van der Waals surface area contributed by atoms with Gasteiger partial charge in [-0.15, -0.1) is 0 Å². The molecule has 1 saturated carbocycles. The topological polar surface area (TPSA) is 0 Å². The quantitative estimate of drug-likeness (QED) is 0.736. The molecule has 0 N–H and O–H groups in total. The summed E-state index contributed by atoms with van der Waals surface area (Å²) >= 11 is 2.69. The van der Waals surface area contributed by atoms with E-state index in [0.717, 1.165) is 0 Å². The summed E-state index contributed by atoms with van der Waals surface area (Å²) in [5.41, 5.74) is 0. The van der Waals surface area contributed by atoms with Crippen LogP contribution in [0.2, 0.25) is 0 Å². The minimum atomic E-state index is 0.466. The van der Waals surface area contributed by atoms with Crippen LogP contribution in [0.25, 0.3) is 0 Å². The van der Waals surface area contributed by atoms with Gasteiger partial charge in [-0.05, 0) is 0 Å². The van der Waals surface area contributed by atoms with Crippen LogP contribution in [-0.2, 0) is 0 Å². The summed E-state index contributed by atoms with van der Waals surface area (Å²) < 4.78 is 2.01. The van der Waals surface area contributed by atoms with Crippen molar-refractivity contribution in [3.63, 3.8) is 0 Å². The maximum atomic E-state index is 2.31. The van der Waals surface area contributed by atoms with E-state index in [0.29, 0.717) is 18.6 Å². The Labute approximate surface area is 132 Å². The Morgan fingerprint density at radius 1 is 0.750 bits per heavy atom. The zero-order valence-corrected chi connectivity index (χ0v) is 14.2. The second-order valence-electron chi connectivity index (χ2n) is 5.30. The molecule has 0 unspecified atom stereocenters. The molecule has 1 fully saturated rings. The molecule has 20 heavy (non-hydrogen) atoms. The number of hydrogen-bond donors (Lipinski definition) is 0. The Morgan fingerprint density at radius 2 is 1.35 bits per heavy atom. The van der Waals surface area contributed by atoms with Crippen LogP contribution in [0.4, 0.5) is 0 Å². The summed E-state index contributed by atoms with van der Waals surface area (Å²) in [7, 11) is 0. The average Bonchev–Trinajstić information content (AvgIpc) is 2.50. The third kappa shape index (κ3) is 3.69. The van der Waals surface area contributed by atoms with Gasteiger partial charge in [0, 0.05) is 0 Å². The molecule has 1 aliphatic rings. The van der Waals surface area contributed by atoms with Crippen LogP contribution < -0.4 is 4.46 Å². The predicted molar refractivity (Wildman–Crippen MR) is 89.9 cm³/mol. The molecule has 2 heteroatoms. The predicted octanol–water partition coefficient (Wildman–Crippen LogP) is 4.47. The van der Waals surface area contributed by atoms with E-state index in [1.165, 1.54) is 37.0 Å². The van der Waals surface area contributed by atoms with Gasteiger partial charge in [0.1, 0.15) is 0 Å². The maximum absolute atomic E-state index is 2.31. The molecule has 0 aliphatic heterocycles. The Morgan fingerprint density at radius 3 is 2.00 bits per heavy atom. The molecule has 0 atom stereocenters. The van der Waals surface area contributed by atoms with E-state index in [1.54, 1.807) is 4.46 Å². The van der Waals surface area contributed by atoms with Crippen LogP contribution in [0.15, 0.2) is 65.6 Å². The van der Waals surface area contributed by atoms with Gasteiger partial charge < -0.3 is 0 Å². The van der Waals surface area contributed by atoms with Crippen LogP contribution in [0.1, 0.15) is 32.1 Å². The van der Waals surface area contributed by atoms with Crippen LogP contribution in [0.5, 0.6) is 0 Å². The van der Waals surface area contributed by atoms with E-state index < -0.39 is 0 Å². The molecular weight excluding hydrogens is 327 g/mol. The van der Waals surface area contributed by atoms with Crippen molar-refractivity contribution in [2.75, 3.05) is 0 Å². The molecule has 0 radical (unpaired) electrons. The standard InChI is InChI=1S/C18H20SSe/c1-4-10-16(11-5-1)19-18(14-8-3-9-15-18)20-17-12-6-2-7-13-17/h1-2,4-7,10-13H,3,8-9,14-15H2. The molecule has 2 aromatic rings. The molecule has 0 heterocycles. The van der Waals surface area contributed by atoms with E-state index in [-0.39, 0.29) is 0 Å². The molecule has 1 aliphatic carbocycles. The van der Waals surface area contributed by atoms with Gasteiger partial charge in [0.2, 0.25) is 0 Å². The first-order chi connectivity index (χ1) is 9.86. The first-order valence-electron chi connectivity index (χ1n) is 7.34. The van der Waals surface area contributed by atoms with Gasteiger partial charge in [-0.25, -0.2) is 0 Å². The molecule has 0 nitrogen and oxygen atoms in total. The Bertz CT molecular complexity index is 474. The van der Waals surface area contributed by atoms with Crippen molar-refractivity contribution in [3.05, 3.63) is 60.7 Å². The van der Waals surface area contributed by atoms with Crippen LogP contribution in [0.3, 0.4) is 0 Å². The third-order valence-corrected chi connectivity index (χ3v) is 8.66. The first kappa shape index (κ1) is 14.3. The van der Waals surface area contributed by atoms with Crippen molar-refractivity contribution in [2.45, 2.75) is 40.6 Å². The number of thioether (sulfide) groups is 1. The SMILES string of the molecule is c1ccc(SC2([Se]c3ccccc3)CCCCC2)cc1. The molecule has 0 aromatic heterocycles. The van der Waals surface area contributed by atoms with Gasteiger partial charge in [0.05, 0.1) is 0 Å². The van der Waals surface area contributed by atoms with Crippen molar-refractivity contribution < 1.29 is 0 Å². The number of hydrogen-bond acceptors (Lipinski definition) is 1. The molecule has 0 spiro atoms. The zero-order valence-electron chi connectivity index (χ0n) is 11.6. The monoisotopic (exact) mass is 348 g/mol. The van der Waals surface area contributed by atoms with Crippen LogP contribution in [0, 0.1) is 0 Å². The Hall–Kier alpha value is -0.691. The minimum absolute atomic E-state index is 0.466. The summed E-state index contributed by atoms with van der Waals surface area (Å²) in [4.78, 5) is 1.44. The molecule has 0 amide bonds. The average molecular weight is 347 g/mol. The van der Waals surface area contributed by atoms with Gasteiger partial charge in [-0.3, -0.25) is 0 Å². The van der Waals surface area contributed by atoms with Crippen molar-refractivity contribution in [1.82, 2.24) is 0 Å². The van der Waals surface area contributed by atoms with Crippen molar-refractivity contribution in [1.29, 1.82) is 0 Å². The Kier molecular flexibility index (Phi) is 4.88.